The van der Waals surface area contributed by atoms with Gasteiger partial charge in [0, 0.05) is 12.1 Å². The van der Waals surface area contributed by atoms with Gasteiger partial charge in [-0.05, 0) is 43.8 Å². The van der Waals surface area contributed by atoms with Crippen LogP contribution in [0.4, 0.5) is 0 Å². The zero-order valence-corrected chi connectivity index (χ0v) is 12.1. The van der Waals surface area contributed by atoms with Crippen LogP contribution in [0.15, 0.2) is 48.5 Å². The molecule has 0 radical (unpaired) electrons. The first kappa shape index (κ1) is 14.4. The first-order valence-electron chi connectivity index (χ1n) is 6.96. The molecule has 0 bridgehead atoms. The third kappa shape index (κ3) is 4.00. The first-order valence-corrected chi connectivity index (χ1v) is 6.96. The van der Waals surface area contributed by atoms with E-state index in [1.807, 2.05) is 55.6 Å². The van der Waals surface area contributed by atoms with Crippen molar-refractivity contribution in [3.05, 3.63) is 54.1 Å². The van der Waals surface area contributed by atoms with E-state index in [0.717, 1.165) is 42.4 Å². The minimum absolute atomic E-state index is 0.732. The van der Waals surface area contributed by atoms with Gasteiger partial charge in [-0.3, -0.25) is 0 Å². The number of nitrogens with one attached hydrogen (secondary N) is 1. The Balaban J connectivity index is 2.16. The molecule has 3 nitrogen and oxygen atoms in total. The molecule has 0 heterocycles. The SMILES string of the molecule is CCCOc1ccc(Oc2ccccc2)cc1CNC. The van der Waals surface area contributed by atoms with Crippen LogP contribution in [0.3, 0.4) is 0 Å². The fourth-order valence-corrected chi connectivity index (χ4v) is 1.93. The van der Waals surface area contributed by atoms with E-state index < -0.39 is 0 Å². The summed E-state index contributed by atoms with van der Waals surface area (Å²) in [4.78, 5) is 0. The van der Waals surface area contributed by atoms with Crippen LogP contribution in [0.1, 0.15) is 18.9 Å². The molecule has 1 N–H and O–H groups in total. The highest BCUT2D eigenvalue weighted by molar-refractivity contribution is 5.42. The summed E-state index contributed by atoms with van der Waals surface area (Å²) < 4.78 is 11.6. The number of rotatable bonds is 7. The summed E-state index contributed by atoms with van der Waals surface area (Å²) in [5.74, 6) is 2.58. The van der Waals surface area contributed by atoms with Gasteiger partial charge in [0.15, 0.2) is 0 Å². The summed E-state index contributed by atoms with van der Waals surface area (Å²) in [7, 11) is 1.92. The van der Waals surface area contributed by atoms with Crippen molar-refractivity contribution in [3.8, 4) is 17.2 Å². The molecule has 0 fully saturated rings. The highest BCUT2D eigenvalue weighted by Gasteiger charge is 2.06. The number of hydrogen-bond donors (Lipinski definition) is 1. The van der Waals surface area contributed by atoms with Gasteiger partial charge in [-0.15, -0.1) is 0 Å². The van der Waals surface area contributed by atoms with Crippen LogP contribution in [-0.4, -0.2) is 13.7 Å². The fourth-order valence-electron chi connectivity index (χ4n) is 1.93. The second-order valence-corrected chi connectivity index (χ2v) is 4.56. The van der Waals surface area contributed by atoms with Gasteiger partial charge in [0.2, 0.25) is 0 Å². The van der Waals surface area contributed by atoms with Gasteiger partial charge in [-0.1, -0.05) is 25.1 Å². The molecule has 0 saturated carbocycles. The molecule has 2 aromatic rings. The molecule has 0 atom stereocenters. The Labute approximate surface area is 120 Å². The maximum Gasteiger partial charge on any atom is 0.128 e. The molecule has 0 aliphatic carbocycles. The first-order chi connectivity index (χ1) is 9.83. The molecule has 0 amide bonds. The highest BCUT2D eigenvalue weighted by Crippen LogP contribution is 2.27. The van der Waals surface area contributed by atoms with E-state index >= 15 is 0 Å². The third-order valence-electron chi connectivity index (χ3n) is 2.84. The van der Waals surface area contributed by atoms with Crippen LogP contribution in [0.25, 0.3) is 0 Å². The lowest BCUT2D eigenvalue weighted by molar-refractivity contribution is 0.313. The van der Waals surface area contributed by atoms with Gasteiger partial charge in [0.1, 0.15) is 17.2 Å². The lowest BCUT2D eigenvalue weighted by Gasteiger charge is -2.13. The van der Waals surface area contributed by atoms with Gasteiger partial charge in [-0.2, -0.15) is 0 Å². The van der Waals surface area contributed by atoms with Gasteiger partial charge < -0.3 is 14.8 Å². The number of hydrogen-bond acceptors (Lipinski definition) is 3. The van der Waals surface area contributed by atoms with Gasteiger partial charge >= 0.3 is 0 Å². The summed E-state index contributed by atoms with van der Waals surface area (Å²) in [5.41, 5.74) is 1.11. The Kier molecular flexibility index (Phi) is 5.44. The second kappa shape index (κ2) is 7.56. The molecule has 0 aliphatic heterocycles. The van der Waals surface area contributed by atoms with Crippen LogP contribution in [0.5, 0.6) is 17.2 Å². The molecule has 2 rings (SSSR count). The molecule has 0 saturated heterocycles. The van der Waals surface area contributed by atoms with Crippen LogP contribution < -0.4 is 14.8 Å². The number of benzene rings is 2. The fraction of sp³-hybridized carbons (Fsp3) is 0.294. The maximum absolute atomic E-state index is 5.84. The summed E-state index contributed by atoms with van der Waals surface area (Å²) in [6, 6.07) is 15.7. The van der Waals surface area contributed by atoms with E-state index in [4.69, 9.17) is 9.47 Å². The summed E-state index contributed by atoms with van der Waals surface area (Å²) in [6.07, 6.45) is 1.00. The lowest BCUT2D eigenvalue weighted by Crippen LogP contribution is -2.08. The Hall–Kier alpha value is -2.00. The molecule has 20 heavy (non-hydrogen) atoms. The zero-order valence-electron chi connectivity index (χ0n) is 12.1. The van der Waals surface area contributed by atoms with Crippen molar-refractivity contribution in [1.82, 2.24) is 5.32 Å². The smallest absolute Gasteiger partial charge is 0.128 e. The van der Waals surface area contributed by atoms with Gasteiger partial charge in [-0.25, -0.2) is 0 Å². The van der Waals surface area contributed by atoms with Gasteiger partial charge in [0.25, 0.3) is 0 Å². The molecular formula is C17H21NO2. The topological polar surface area (TPSA) is 30.5 Å². The molecule has 0 aromatic heterocycles. The second-order valence-electron chi connectivity index (χ2n) is 4.56. The van der Waals surface area contributed by atoms with Crippen molar-refractivity contribution < 1.29 is 9.47 Å². The highest BCUT2D eigenvalue weighted by atomic mass is 16.5. The molecule has 3 heteroatoms. The zero-order chi connectivity index (χ0) is 14.2. The number of ether oxygens (including phenoxy) is 2. The van der Waals surface area contributed by atoms with E-state index in [0.29, 0.717) is 0 Å². The largest absolute Gasteiger partial charge is 0.493 e. The predicted octanol–water partition coefficient (Wildman–Crippen LogP) is 3.99. The van der Waals surface area contributed by atoms with E-state index in [9.17, 15) is 0 Å². The van der Waals surface area contributed by atoms with Crippen LogP contribution in [0, 0.1) is 0 Å². The van der Waals surface area contributed by atoms with Crippen molar-refractivity contribution in [3.63, 3.8) is 0 Å². The van der Waals surface area contributed by atoms with Crippen LogP contribution in [0.2, 0.25) is 0 Å². The van der Waals surface area contributed by atoms with Crippen molar-refractivity contribution in [2.24, 2.45) is 0 Å². The maximum atomic E-state index is 5.84. The van der Waals surface area contributed by atoms with Crippen molar-refractivity contribution in [2.75, 3.05) is 13.7 Å². The Morgan fingerprint density at radius 1 is 1.00 bits per heavy atom. The van der Waals surface area contributed by atoms with E-state index in [2.05, 4.69) is 12.2 Å². The molecule has 0 aliphatic rings. The van der Waals surface area contributed by atoms with E-state index in [1.54, 1.807) is 0 Å². The lowest BCUT2D eigenvalue weighted by atomic mass is 10.2. The van der Waals surface area contributed by atoms with Crippen molar-refractivity contribution >= 4 is 0 Å². The molecule has 0 spiro atoms. The Morgan fingerprint density at radius 2 is 1.80 bits per heavy atom. The minimum atomic E-state index is 0.732. The third-order valence-corrected chi connectivity index (χ3v) is 2.84. The van der Waals surface area contributed by atoms with Crippen LogP contribution in [-0.2, 0) is 6.54 Å². The van der Waals surface area contributed by atoms with Crippen molar-refractivity contribution in [2.45, 2.75) is 19.9 Å². The average Bonchev–Trinajstić information content (AvgIpc) is 2.48. The summed E-state index contributed by atoms with van der Waals surface area (Å²) in [6.45, 7) is 3.59. The Bertz CT molecular complexity index is 526. The molecule has 2 aromatic carbocycles. The van der Waals surface area contributed by atoms with E-state index in [1.165, 1.54) is 0 Å². The van der Waals surface area contributed by atoms with Gasteiger partial charge in [0.05, 0.1) is 6.61 Å². The molecular weight excluding hydrogens is 250 g/mol. The van der Waals surface area contributed by atoms with Crippen molar-refractivity contribution in [1.29, 1.82) is 0 Å². The molecule has 106 valence electrons. The number of para-hydroxylation sites is 1. The summed E-state index contributed by atoms with van der Waals surface area (Å²) in [5, 5.41) is 3.16. The quantitative estimate of drug-likeness (QED) is 0.826. The average molecular weight is 271 g/mol. The standard InChI is InChI=1S/C17H21NO2/c1-3-11-19-17-10-9-16(12-14(17)13-18-2)20-15-7-5-4-6-8-15/h4-10,12,18H,3,11,13H2,1-2H3. The molecule has 0 unspecified atom stereocenters. The monoisotopic (exact) mass is 271 g/mol. The summed E-state index contributed by atoms with van der Waals surface area (Å²) >= 11 is 0. The normalized spacial score (nSPS) is 10.3. The Morgan fingerprint density at radius 3 is 2.50 bits per heavy atom. The van der Waals surface area contributed by atoms with Crippen LogP contribution >= 0.6 is 0 Å². The predicted molar refractivity (Wildman–Crippen MR) is 81.5 cm³/mol. The minimum Gasteiger partial charge on any atom is -0.493 e. The van der Waals surface area contributed by atoms with E-state index in [-0.39, 0.29) is 0 Å².